The second-order valence-electron chi connectivity index (χ2n) is 2.87. The normalized spacial score (nSPS) is 11.1. The Labute approximate surface area is 94.0 Å². The first-order valence-corrected chi connectivity index (χ1v) is 4.24. The Hall–Kier alpha value is -1.29. The van der Waals surface area contributed by atoms with Gasteiger partial charge in [0, 0.05) is 0 Å². The fraction of sp³-hybridized carbons (Fsp3) is 0.300. The third-order valence-electron chi connectivity index (χ3n) is 1.80. The Balaban J connectivity index is 0.00000196. The van der Waals surface area contributed by atoms with Crippen molar-refractivity contribution in [1.82, 2.24) is 0 Å². The average Bonchev–Trinajstić information content (AvgIpc) is 2.20. The minimum absolute atomic E-state index is 0. The van der Waals surface area contributed by atoms with Gasteiger partial charge in [-0.15, -0.1) is 12.4 Å². The summed E-state index contributed by atoms with van der Waals surface area (Å²) in [5.41, 5.74) is 0.297. The van der Waals surface area contributed by atoms with Crippen LogP contribution in [0.2, 0.25) is 0 Å². The highest BCUT2D eigenvalue weighted by Crippen LogP contribution is 2.13. The van der Waals surface area contributed by atoms with Gasteiger partial charge in [0.1, 0.15) is 11.9 Å². The summed E-state index contributed by atoms with van der Waals surface area (Å²) in [7, 11) is 1.29. The molecule has 1 rings (SSSR count). The molecule has 1 aromatic carbocycles. The average molecular weight is 234 g/mol. The molecule has 0 radical (unpaired) electrons. The zero-order chi connectivity index (χ0) is 10.6. The number of hydrogen-bond donors (Lipinski definition) is 1. The monoisotopic (exact) mass is 233 g/mol. The fourth-order valence-electron chi connectivity index (χ4n) is 1.05. The van der Waals surface area contributed by atoms with Crippen molar-refractivity contribution in [2.45, 2.75) is 13.0 Å². The van der Waals surface area contributed by atoms with Gasteiger partial charge in [-0.2, -0.15) is 0 Å². The number of para-hydroxylation sites is 1. The fourth-order valence-corrected chi connectivity index (χ4v) is 1.05. The van der Waals surface area contributed by atoms with E-state index in [-0.39, 0.29) is 18.2 Å². The molecule has 0 aliphatic heterocycles. The number of carbonyl (C=O) groups excluding carboxylic acids is 1. The highest BCUT2D eigenvalue weighted by atomic mass is 35.5. The van der Waals surface area contributed by atoms with Gasteiger partial charge in [-0.1, -0.05) is 12.1 Å². The van der Waals surface area contributed by atoms with Gasteiger partial charge in [0.15, 0.2) is 0 Å². The van der Waals surface area contributed by atoms with Crippen LogP contribution in [0.1, 0.15) is 6.92 Å². The van der Waals surface area contributed by atoms with Gasteiger partial charge in [-0.25, -0.2) is 9.18 Å². The van der Waals surface area contributed by atoms with Crippen LogP contribution < -0.4 is 5.32 Å². The quantitative estimate of drug-likeness (QED) is 0.814. The first-order chi connectivity index (χ1) is 6.65. The van der Waals surface area contributed by atoms with Crippen LogP contribution in [-0.2, 0) is 9.53 Å². The first kappa shape index (κ1) is 13.7. The molecule has 1 aromatic rings. The molecule has 0 saturated heterocycles. The molecule has 0 aromatic heterocycles. The van der Waals surface area contributed by atoms with Crippen LogP contribution in [0.15, 0.2) is 24.3 Å². The number of anilines is 1. The number of esters is 1. The van der Waals surface area contributed by atoms with E-state index in [1.165, 1.54) is 13.2 Å². The van der Waals surface area contributed by atoms with Crippen LogP contribution in [0, 0.1) is 5.82 Å². The van der Waals surface area contributed by atoms with Gasteiger partial charge in [0.2, 0.25) is 0 Å². The molecule has 0 spiro atoms. The molecular weight excluding hydrogens is 221 g/mol. The van der Waals surface area contributed by atoms with E-state index in [0.29, 0.717) is 5.69 Å². The van der Waals surface area contributed by atoms with Gasteiger partial charge < -0.3 is 10.1 Å². The molecule has 0 unspecified atom stereocenters. The lowest BCUT2D eigenvalue weighted by atomic mass is 10.2. The maximum absolute atomic E-state index is 13.1. The SMILES string of the molecule is COC(=O)[C@H](C)Nc1ccccc1F.Cl. The Morgan fingerprint density at radius 1 is 1.47 bits per heavy atom. The number of rotatable bonds is 3. The van der Waals surface area contributed by atoms with Crippen molar-refractivity contribution in [2.75, 3.05) is 12.4 Å². The summed E-state index contributed by atoms with van der Waals surface area (Å²) < 4.78 is 17.6. The van der Waals surface area contributed by atoms with E-state index in [9.17, 15) is 9.18 Å². The highest BCUT2D eigenvalue weighted by Gasteiger charge is 2.13. The molecule has 0 aliphatic rings. The maximum atomic E-state index is 13.1. The summed E-state index contributed by atoms with van der Waals surface area (Å²) in [6.07, 6.45) is 0. The number of methoxy groups -OCH3 is 1. The van der Waals surface area contributed by atoms with E-state index in [4.69, 9.17) is 0 Å². The molecule has 1 atom stereocenters. The van der Waals surface area contributed by atoms with E-state index >= 15 is 0 Å². The van der Waals surface area contributed by atoms with Crippen LogP contribution in [0.5, 0.6) is 0 Å². The summed E-state index contributed by atoms with van der Waals surface area (Å²) in [6, 6.07) is 5.61. The summed E-state index contributed by atoms with van der Waals surface area (Å²) >= 11 is 0. The molecule has 0 amide bonds. The van der Waals surface area contributed by atoms with Gasteiger partial charge in [0.05, 0.1) is 12.8 Å². The summed E-state index contributed by atoms with van der Waals surface area (Å²) in [4.78, 5) is 11.0. The summed E-state index contributed by atoms with van der Waals surface area (Å²) in [5, 5.41) is 2.71. The van der Waals surface area contributed by atoms with Crippen molar-refractivity contribution >= 4 is 24.1 Å². The smallest absolute Gasteiger partial charge is 0.327 e. The molecular formula is C10H13ClFNO2. The van der Waals surface area contributed by atoms with E-state index in [1.54, 1.807) is 25.1 Å². The molecule has 0 bridgehead atoms. The van der Waals surface area contributed by atoms with Crippen LogP contribution in [-0.4, -0.2) is 19.1 Å². The Morgan fingerprint density at radius 2 is 2.07 bits per heavy atom. The lowest BCUT2D eigenvalue weighted by Crippen LogP contribution is -2.27. The van der Waals surface area contributed by atoms with Crippen molar-refractivity contribution in [3.63, 3.8) is 0 Å². The molecule has 1 N–H and O–H groups in total. The molecule has 0 aliphatic carbocycles. The standard InChI is InChI=1S/C10H12FNO2.ClH/c1-7(10(13)14-2)12-9-6-4-3-5-8(9)11;/h3-7,12H,1-2H3;1H/t7-;/m0./s1. The van der Waals surface area contributed by atoms with Crippen LogP contribution in [0.25, 0.3) is 0 Å². The number of benzene rings is 1. The number of nitrogens with one attached hydrogen (secondary N) is 1. The second-order valence-corrected chi connectivity index (χ2v) is 2.87. The van der Waals surface area contributed by atoms with Crippen LogP contribution in [0.4, 0.5) is 10.1 Å². The Morgan fingerprint density at radius 3 is 2.60 bits per heavy atom. The Bertz CT molecular complexity index is 333. The maximum Gasteiger partial charge on any atom is 0.327 e. The second kappa shape index (κ2) is 6.24. The molecule has 0 saturated carbocycles. The zero-order valence-corrected chi connectivity index (χ0v) is 9.31. The topological polar surface area (TPSA) is 38.3 Å². The van der Waals surface area contributed by atoms with E-state index in [0.717, 1.165) is 0 Å². The number of ether oxygens (including phenoxy) is 1. The first-order valence-electron chi connectivity index (χ1n) is 4.24. The predicted octanol–water partition coefficient (Wildman–Crippen LogP) is 2.22. The summed E-state index contributed by atoms with van der Waals surface area (Å²) in [6.45, 7) is 1.61. The van der Waals surface area contributed by atoms with Gasteiger partial charge >= 0.3 is 5.97 Å². The molecule has 3 nitrogen and oxygen atoms in total. The number of halogens is 2. The minimum atomic E-state index is -0.558. The number of carbonyl (C=O) groups is 1. The van der Waals surface area contributed by atoms with Crippen LogP contribution >= 0.6 is 12.4 Å². The van der Waals surface area contributed by atoms with Gasteiger partial charge in [0.25, 0.3) is 0 Å². The van der Waals surface area contributed by atoms with Gasteiger partial charge in [-0.05, 0) is 19.1 Å². The van der Waals surface area contributed by atoms with E-state index in [1.807, 2.05) is 0 Å². The highest BCUT2D eigenvalue weighted by molar-refractivity contribution is 5.85. The number of hydrogen-bond acceptors (Lipinski definition) is 3. The largest absolute Gasteiger partial charge is 0.467 e. The third kappa shape index (κ3) is 3.75. The lowest BCUT2D eigenvalue weighted by molar-refractivity contribution is -0.141. The predicted molar refractivity (Wildman–Crippen MR) is 58.7 cm³/mol. The van der Waals surface area contributed by atoms with Gasteiger partial charge in [-0.3, -0.25) is 0 Å². The molecule has 84 valence electrons. The molecule has 15 heavy (non-hydrogen) atoms. The van der Waals surface area contributed by atoms with Crippen molar-refractivity contribution in [1.29, 1.82) is 0 Å². The van der Waals surface area contributed by atoms with E-state index in [2.05, 4.69) is 10.1 Å². The zero-order valence-electron chi connectivity index (χ0n) is 8.49. The third-order valence-corrected chi connectivity index (χ3v) is 1.80. The van der Waals surface area contributed by atoms with Crippen molar-refractivity contribution < 1.29 is 13.9 Å². The van der Waals surface area contributed by atoms with Crippen molar-refractivity contribution in [3.8, 4) is 0 Å². The molecule has 5 heteroatoms. The van der Waals surface area contributed by atoms with E-state index < -0.39 is 12.0 Å². The summed E-state index contributed by atoms with van der Waals surface area (Å²) in [5.74, 6) is -0.809. The molecule has 0 heterocycles. The minimum Gasteiger partial charge on any atom is -0.467 e. The lowest BCUT2D eigenvalue weighted by Gasteiger charge is -2.12. The van der Waals surface area contributed by atoms with Crippen LogP contribution in [0.3, 0.4) is 0 Å². The van der Waals surface area contributed by atoms with Crippen molar-refractivity contribution in [2.24, 2.45) is 0 Å². The van der Waals surface area contributed by atoms with Crippen molar-refractivity contribution in [3.05, 3.63) is 30.1 Å². The Kier molecular flexibility index (Phi) is 5.70. The molecule has 0 fully saturated rings.